The van der Waals surface area contributed by atoms with E-state index in [9.17, 15) is 9.59 Å². The topological polar surface area (TPSA) is 46.6 Å². The molecule has 158 valence electrons. The Hall–Kier alpha value is -2.04. The van der Waals surface area contributed by atoms with Gasteiger partial charge >= 0.3 is 5.97 Å². The van der Waals surface area contributed by atoms with Gasteiger partial charge in [-0.15, -0.1) is 0 Å². The second kappa shape index (κ2) is 8.60. The van der Waals surface area contributed by atoms with E-state index in [0.29, 0.717) is 22.2 Å². The van der Waals surface area contributed by atoms with E-state index in [1.54, 1.807) is 12.1 Å². The molecule has 2 aliphatic rings. The number of ether oxygens (including phenoxy) is 1. The van der Waals surface area contributed by atoms with Gasteiger partial charge in [-0.1, -0.05) is 54.6 Å². The summed E-state index contributed by atoms with van der Waals surface area (Å²) < 4.78 is 4.74. The largest absolute Gasteiger partial charge is 0.465 e. The Bertz CT molecular complexity index is 942. The number of likely N-dealkylation sites (tertiary alicyclic amines) is 1. The molecule has 1 saturated heterocycles. The highest BCUT2D eigenvalue weighted by Gasteiger charge is 2.46. The van der Waals surface area contributed by atoms with E-state index in [-0.39, 0.29) is 17.3 Å². The molecule has 1 saturated carbocycles. The van der Waals surface area contributed by atoms with Crippen LogP contribution in [-0.2, 0) is 16.1 Å². The number of carbonyl (C=O) groups excluding carboxylic acids is 2. The van der Waals surface area contributed by atoms with Crippen molar-refractivity contribution in [2.24, 2.45) is 5.41 Å². The number of rotatable bonds is 4. The van der Waals surface area contributed by atoms with E-state index >= 15 is 0 Å². The molecule has 0 N–H and O–H groups in total. The lowest BCUT2D eigenvalue weighted by Crippen LogP contribution is -2.35. The zero-order valence-electron chi connectivity index (χ0n) is 17.0. The Labute approximate surface area is 187 Å². The molecular formula is C24H25Cl2NO3. The summed E-state index contributed by atoms with van der Waals surface area (Å²) >= 11 is 13.2. The number of esters is 1. The Morgan fingerprint density at radius 2 is 1.63 bits per heavy atom. The van der Waals surface area contributed by atoms with E-state index in [4.69, 9.17) is 27.9 Å². The highest BCUT2D eigenvalue weighted by Crippen LogP contribution is 2.45. The van der Waals surface area contributed by atoms with E-state index in [0.717, 1.165) is 55.3 Å². The molecule has 4 nitrogen and oxygen atoms in total. The summed E-state index contributed by atoms with van der Waals surface area (Å²) in [6.45, 7) is 1.21. The van der Waals surface area contributed by atoms with Crippen LogP contribution in [0.25, 0.3) is 11.1 Å². The van der Waals surface area contributed by atoms with Gasteiger partial charge in [0.2, 0.25) is 5.91 Å². The molecule has 2 fully saturated rings. The number of hydrogen-bond acceptors (Lipinski definition) is 3. The van der Waals surface area contributed by atoms with Crippen molar-refractivity contribution in [1.29, 1.82) is 0 Å². The van der Waals surface area contributed by atoms with E-state index in [2.05, 4.69) is 0 Å². The van der Waals surface area contributed by atoms with Crippen LogP contribution in [0.4, 0.5) is 0 Å². The van der Waals surface area contributed by atoms with Crippen LogP contribution in [0.15, 0.2) is 36.4 Å². The van der Waals surface area contributed by atoms with Gasteiger partial charge in [0.1, 0.15) is 0 Å². The molecule has 0 radical (unpaired) electrons. The summed E-state index contributed by atoms with van der Waals surface area (Å²) in [5.41, 5.74) is 2.88. The van der Waals surface area contributed by atoms with Crippen LogP contribution in [0.3, 0.4) is 0 Å². The number of methoxy groups -OCH3 is 1. The summed E-state index contributed by atoms with van der Waals surface area (Å²) in [4.78, 5) is 26.7. The number of benzene rings is 2. The average Bonchev–Trinajstić information content (AvgIpc) is 3.05. The summed E-state index contributed by atoms with van der Waals surface area (Å²) in [6, 6.07) is 10.8. The summed E-state index contributed by atoms with van der Waals surface area (Å²) in [5.74, 6) is -0.115. The maximum absolute atomic E-state index is 13.1. The lowest BCUT2D eigenvalue weighted by Gasteiger charge is -2.31. The quantitative estimate of drug-likeness (QED) is 0.531. The van der Waals surface area contributed by atoms with Crippen molar-refractivity contribution >= 4 is 35.1 Å². The molecule has 2 aromatic carbocycles. The first-order valence-electron chi connectivity index (χ1n) is 10.4. The van der Waals surface area contributed by atoms with Gasteiger partial charge in [-0.25, -0.2) is 4.79 Å². The van der Waals surface area contributed by atoms with Crippen molar-refractivity contribution in [2.75, 3.05) is 13.7 Å². The van der Waals surface area contributed by atoms with Crippen molar-refractivity contribution in [3.63, 3.8) is 0 Å². The van der Waals surface area contributed by atoms with Crippen molar-refractivity contribution in [1.82, 2.24) is 4.90 Å². The lowest BCUT2D eigenvalue weighted by molar-refractivity contribution is -0.138. The second-order valence-electron chi connectivity index (χ2n) is 8.31. The normalized spacial score (nSPS) is 18.1. The third-order valence-electron chi connectivity index (χ3n) is 6.54. The summed E-state index contributed by atoms with van der Waals surface area (Å²) in [6.07, 6.45) is 6.46. The van der Waals surface area contributed by atoms with Crippen molar-refractivity contribution in [2.45, 2.75) is 45.1 Å². The van der Waals surface area contributed by atoms with E-state index in [1.807, 2.05) is 29.2 Å². The Morgan fingerprint density at radius 1 is 1.00 bits per heavy atom. The molecule has 1 aliphatic carbocycles. The molecule has 0 bridgehead atoms. The van der Waals surface area contributed by atoms with Crippen LogP contribution in [-0.4, -0.2) is 30.4 Å². The van der Waals surface area contributed by atoms with Gasteiger partial charge in [-0.2, -0.15) is 0 Å². The fraction of sp³-hybridized carbons (Fsp3) is 0.417. The van der Waals surface area contributed by atoms with Crippen LogP contribution in [0.1, 0.15) is 54.4 Å². The first kappa shape index (κ1) is 21.2. The summed E-state index contributed by atoms with van der Waals surface area (Å²) in [7, 11) is 1.36. The van der Waals surface area contributed by atoms with Crippen molar-refractivity contribution in [3.8, 4) is 11.1 Å². The van der Waals surface area contributed by atoms with Gasteiger partial charge in [-0.05, 0) is 54.7 Å². The minimum absolute atomic E-state index is 0.154. The molecule has 1 heterocycles. The molecule has 0 atom stereocenters. The van der Waals surface area contributed by atoms with Gasteiger partial charge in [0.25, 0.3) is 0 Å². The Balaban J connectivity index is 1.53. The van der Waals surface area contributed by atoms with Crippen LogP contribution in [0, 0.1) is 5.41 Å². The fourth-order valence-corrected chi connectivity index (χ4v) is 5.37. The van der Waals surface area contributed by atoms with Gasteiger partial charge in [0.05, 0.1) is 18.1 Å². The number of halogens is 2. The zero-order valence-corrected chi connectivity index (χ0v) is 18.6. The molecule has 30 heavy (non-hydrogen) atoms. The molecule has 6 heteroatoms. The van der Waals surface area contributed by atoms with E-state index < -0.39 is 0 Å². The van der Waals surface area contributed by atoms with Gasteiger partial charge in [-0.3, -0.25) is 4.79 Å². The standard InChI is InChI=1S/C24H25Cl2NO3/c1-30-22(28)17-7-5-16(6-8-17)18-13-20(25)19(21(26)14-18)15-27-12-11-24(23(27)29)9-3-2-4-10-24/h5-8,13-14H,2-4,9-12,15H2,1H3. The number of nitrogens with zero attached hydrogens (tertiary/aromatic N) is 1. The van der Waals surface area contributed by atoms with E-state index in [1.165, 1.54) is 13.5 Å². The molecule has 4 rings (SSSR count). The van der Waals surface area contributed by atoms with Gasteiger partial charge in [0.15, 0.2) is 0 Å². The van der Waals surface area contributed by atoms with Crippen molar-refractivity contribution in [3.05, 3.63) is 57.6 Å². The zero-order chi connectivity index (χ0) is 21.3. The Kier molecular flexibility index (Phi) is 6.08. The third kappa shape index (κ3) is 3.95. The summed E-state index contributed by atoms with van der Waals surface area (Å²) in [5, 5.41) is 1.10. The minimum atomic E-state index is -0.376. The van der Waals surface area contributed by atoms with Crippen molar-refractivity contribution < 1.29 is 14.3 Å². The van der Waals surface area contributed by atoms with Gasteiger partial charge in [0, 0.05) is 28.7 Å². The minimum Gasteiger partial charge on any atom is -0.465 e. The molecule has 0 unspecified atom stereocenters. The number of amides is 1. The predicted molar refractivity (Wildman–Crippen MR) is 119 cm³/mol. The SMILES string of the molecule is COC(=O)c1ccc(-c2cc(Cl)c(CN3CCC4(CCCCC4)C3=O)c(Cl)c2)cc1. The fourth-order valence-electron chi connectivity index (χ4n) is 4.76. The third-order valence-corrected chi connectivity index (χ3v) is 7.22. The molecule has 1 amide bonds. The van der Waals surface area contributed by atoms with Gasteiger partial charge < -0.3 is 9.64 Å². The molecule has 1 spiro atoms. The van der Waals surface area contributed by atoms with Crippen LogP contribution < -0.4 is 0 Å². The number of carbonyl (C=O) groups is 2. The molecule has 0 aromatic heterocycles. The van der Waals surface area contributed by atoms with Crippen LogP contribution >= 0.6 is 23.2 Å². The Morgan fingerprint density at radius 3 is 2.23 bits per heavy atom. The highest BCUT2D eigenvalue weighted by atomic mass is 35.5. The average molecular weight is 446 g/mol. The smallest absolute Gasteiger partial charge is 0.337 e. The molecular weight excluding hydrogens is 421 g/mol. The predicted octanol–water partition coefficient (Wildman–Crippen LogP) is 6.13. The molecule has 2 aromatic rings. The lowest BCUT2D eigenvalue weighted by atomic mass is 9.73. The highest BCUT2D eigenvalue weighted by molar-refractivity contribution is 6.36. The maximum atomic E-state index is 13.1. The number of hydrogen-bond donors (Lipinski definition) is 0. The maximum Gasteiger partial charge on any atom is 0.337 e. The first-order chi connectivity index (χ1) is 14.4. The monoisotopic (exact) mass is 445 g/mol. The van der Waals surface area contributed by atoms with Crippen LogP contribution in [0.5, 0.6) is 0 Å². The van der Waals surface area contributed by atoms with Crippen LogP contribution in [0.2, 0.25) is 10.0 Å². The second-order valence-corrected chi connectivity index (χ2v) is 9.12. The first-order valence-corrected chi connectivity index (χ1v) is 11.2. The molecule has 1 aliphatic heterocycles.